The van der Waals surface area contributed by atoms with Crippen molar-refractivity contribution in [1.82, 2.24) is 34.3 Å². The van der Waals surface area contributed by atoms with E-state index in [0.717, 1.165) is 60.2 Å². The van der Waals surface area contributed by atoms with E-state index >= 15 is 0 Å². The number of aryl methyl sites for hydroxylation is 1. The molecule has 1 aliphatic heterocycles. The lowest BCUT2D eigenvalue weighted by Gasteiger charge is -2.35. The fraction of sp³-hybridized carbons (Fsp3) is 0.269. The Bertz CT molecular complexity index is 1430. The Kier molecular flexibility index (Phi) is 5.36. The summed E-state index contributed by atoms with van der Waals surface area (Å²) in [7, 11) is 1.92. The fourth-order valence-corrected chi connectivity index (χ4v) is 4.66. The smallest absolute Gasteiger partial charge is 0.225 e. The molecule has 0 N–H and O–H groups in total. The molecule has 9 heteroatoms. The second kappa shape index (κ2) is 8.83. The van der Waals surface area contributed by atoms with Crippen LogP contribution in [0.2, 0.25) is 0 Å². The van der Waals surface area contributed by atoms with Crippen LogP contribution in [-0.2, 0) is 7.05 Å². The molecule has 4 aromatic heterocycles. The third kappa shape index (κ3) is 4.09. The van der Waals surface area contributed by atoms with Gasteiger partial charge in [-0.3, -0.25) is 4.68 Å². The average molecular weight is 466 g/mol. The molecule has 5 heterocycles. The largest absolute Gasteiger partial charge is 0.351 e. The van der Waals surface area contributed by atoms with E-state index in [1.165, 1.54) is 5.56 Å². The normalized spacial score (nSPS) is 15.0. The number of hydrogen-bond donors (Lipinski definition) is 0. The van der Waals surface area contributed by atoms with Gasteiger partial charge in [0.2, 0.25) is 5.95 Å². The van der Waals surface area contributed by atoms with Crippen LogP contribution in [0.1, 0.15) is 24.0 Å². The highest BCUT2D eigenvalue weighted by Gasteiger charge is 2.23. The number of hydrogen-bond acceptors (Lipinski definition) is 7. The van der Waals surface area contributed by atoms with Crippen molar-refractivity contribution in [3.8, 4) is 11.1 Å². The Morgan fingerprint density at radius 2 is 1.51 bits per heavy atom. The molecule has 1 saturated heterocycles. The number of piperazine rings is 1. The van der Waals surface area contributed by atoms with Crippen molar-refractivity contribution in [1.29, 1.82) is 0 Å². The molecule has 0 bridgehead atoms. The molecule has 6 rings (SSSR count). The second-order valence-electron chi connectivity index (χ2n) is 8.97. The molecule has 9 nitrogen and oxygen atoms in total. The van der Waals surface area contributed by atoms with Gasteiger partial charge in [0, 0.05) is 75.1 Å². The molecule has 0 amide bonds. The van der Waals surface area contributed by atoms with E-state index in [4.69, 9.17) is 9.97 Å². The van der Waals surface area contributed by atoms with Crippen molar-refractivity contribution < 1.29 is 0 Å². The van der Waals surface area contributed by atoms with Gasteiger partial charge < -0.3 is 9.80 Å². The highest BCUT2D eigenvalue weighted by molar-refractivity contribution is 5.77. The topological polar surface area (TPSA) is 80.3 Å². The summed E-state index contributed by atoms with van der Waals surface area (Å²) in [4.78, 5) is 18.6. The van der Waals surface area contributed by atoms with Crippen molar-refractivity contribution >= 4 is 17.3 Å². The minimum Gasteiger partial charge on any atom is -0.351 e. The summed E-state index contributed by atoms with van der Waals surface area (Å²) in [5.41, 5.74) is 5.54. The van der Waals surface area contributed by atoms with E-state index in [-0.39, 0.29) is 5.92 Å². The second-order valence-corrected chi connectivity index (χ2v) is 8.97. The van der Waals surface area contributed by atoms with Crippen molar-refractivity contribution in [3.05, 3.63) is 84.8 Å². The van der Waals surface area contributed by atoms with Gasteiger partial charge in [-0.25, -0.2) is 19.5 Å². The summed E-state index contributed by atoms with van der Waals surface area (Å²) in [6, 6.07) is 12.6. The van der Waals surface area contributed by atoms with Crippen molar-refractivity contribution in [2.75, 3.05) is 36.0 Å². The van der Waals surface area contributed by atoms with Crippen LogP contribution in [0.4, 0.5) is 11.8 Å². The summed E-state index contributed by atoms with van der Waals surface area (Å²) in [6.07, 6.45) is 11.4. The Morgan fingerprint density at radius 3 is 2.23 bits per heavy atom. The molecule has 5 aromatic rings. The third-order valence-electron chi connectivity index (χ3n) is 6.74. The molecule has 1 fully saturated rings. The van der Waals surface area contributed by atoms with Crippen molar-refractivity contribution in [2.45, 2.75) is 12.8 Å². The van der Waals surface area contributed by atoms with Gasteiger partial charge in [-0.2, -0.15) is 10.2 Å². The lowest BCUT2D eigenvalue weighted by molar-refractivity contribution is 0.632. The first-order valence-electron chi connectivity index (χ1n) is 11.8. The molecule has 0 saturated carbocycles. The number of benzene rings is 1. The number of anilines is 2. The number of fused-ring (bicyclic) bond motifs is 1. The maximum atomic E-state index is 4.69. The Hall–Kier alpha value is -4.27. The third-order valence-corrected chi connectivity index (χ3v) is 6.74. The van der Waals surface area contributed by atoms with Crippen LogP contribution in [0.3, 0.4) is 0 Å². The lowest BCUT2D eigenvalue weighted by Crippen LogP contribution is -2.47. The van der Waals surface area contributed by atoms with E-state index < -0.39 is 0 Å². The monoisotopic (exact) mass is 465 g/mol. The maximum Gasteiger partial charge on any atom is 0.225 e. The fourth-order valence-electron chi connectivity index (χ4n) is 4.66. The van der Waals surface area contributed by atoms with E-state index in [2.05, 4.69) is 62.2 Å². The van der Waals surface area contributed by atoms with E-state index in [1.54, 1.807) is 11.0 Å². The van der Waals surface area contributed by atoms with Gasteiger partial charge in [0.15, 0.2) is 5.82 Å². The van der Waals surface area contributed by atoms with Crippen LogP contribution in [-0.4, -0.2) is 60.5 Å². The van der Waals surface area contributed by atoms with Gasteiger partial charge in [-0.1, -0.05) is 37.3 Å². The molecule has 0 spiro atoms. The molecule has 1 aromatic carbocycles. The lowest BCUT2D eigenvalue weighted by atomic mass is 9.96. The molecule has 1 aliphatic rings. The standard InChI is InChI=1S/C26H27N9/c1-19(20-6-4-3-5-7-20)22-13-27-26(28-14-22)34-10-8-33(9-11-34)25-24-12-21(17-35(24)31-18-29-25)23-15-30-32(2)16-23/h3-7,12-19H,8-11H2,1-2H3. The van der Waals surface area contributed by atoms with E-state index in [0.29, 0.717) is 0 Å². The molecule has 1 unspecified atom stereocenters. The average Bonchev–Trinajstić information content (AvgIpc) is 3.55. The SMILES string of the molecule is CC(c1ccccc1)c1cnc(N2CCN(c3ncnn4cc(-c5cnn(C)c5)cc34)CC2)nc1. The van der Waals surface area contributed by atoms with E-state index in [1.807, 2.05) is 48.6 Å². The van der Waals surface area contributed by atoms with Crippen LogP contribution >= 0.6 is 0 Å². The summed E-state index contributed by atoms with van der Waals surface area (Å²) in [5, 5.41) is 8.70. The molecular weight excluding hydrogens is 438 g/mol. The molecule has 0 radical (unpaired) electrons. The predicted molar refractivity (Wildman–Crippen MR) is 136 cm³/mol. The van der Waals surface area contributed by atoms with Crippen LogP contribution < -0.4 is 9.80 Å². The first-order valence-corrected chi connectivity index (χ1v) is 11.8. The number of rotatable bonds is 5. The number of aromatic nitrogens is 7. The van der Waals surface area contributed by atoms with Crippen molar-refractivity contribution in [3.63, 3.8) is 0 Å². The van der Waals surface area contributed by atoms with Crippen LogP contribution in [0.25, 0.3) is 16.6 Å². The maximum absolute atomic E-state index is 4.69. The molecular formula is C26H27N9. The van der Waals surface area contributed by atoms with Crippen LogP contribution in [0, 0.1) is 0 Å². The first-order chi connectivity index (χ1) is 17.2. The van der Waals surface area contributed by atoms with Crippen molar-refractivity contribution in [2.24, 2.45) is 7.05 Å². The highest BCUT2D eigenvalue weighted by Crippen LogP contribution is 2.28. The molecule has 176 valence electrons. The Morgan fingerprint density at radius 1 is 0.771 bits per heavy atom. The van der Waals surface area contributed by atoms with Crippen LogP contribution in [0.5, 0.6) is 0 Å². The van der Waals surface area contributed by atoms with Crippen LogP contribution in [0.15, 0.2) is 73.7 Å². The zero-order valence-electron chi connectivity index (χ0n) is 19.9. The van der Waals surface area contributed by atoms with E-state index in [9.17, 15) is 0 Å². The summed E-state index contributed by atoms with van der Waals surface area (Å²) in [5.74, 6) is 1.99. The molecule has 0 aliphatic carbocycles. The van der Waals surface area contributed by atoms with Gasteiger partial charge in [0.05, 0.1) is 6.20 Å². The highest BCUT2D eigenvalue weighted by atomic mass is 15.4. The van der Waals surface area contributed by atoms with Gasteiger partial charge in [0.25, 0.3) is 0 Å². The molecule has 1 atom stereocenters. The minimum absolute atomic E-state index is 0.265. The van der Waals surface area contributed by atoms with Gasteiger partial charge in [-0.05, 0) is 17.2 Å². The Balaban J connectivity index is 1.16. The first kappa shape index (κ1) is 21.3. The predicted octanol–water partition coefficient (Wildman–Crippen LogP) is 3.40. The zero-order valence-corrected chi connectivity index (χ0v) is 19.9. The summed E-state index contributed by atoms with van der Waals surface area (Å²) >= 11 is 0. The quantitative estimate of drug-likeness (QED) is 0.394. The Labute approximate surface area is 203 Å². The summed E-state index contributed by atoms with van der Waals surface area (Å²) in [6.45, 7) is 5.54. The summed E-state index contributed by atoms with van der Waals surface area (Å²) < 4.78 is 3.70. The number of nitrogens with zero attached hydrogens (tertiary/aromatic N) is 9. The van der Waals surface area contributed by atoms with Gasteiger partial charge in [0.1, 0.15) is 11.8 Å². The molecule has 35 heavy (non-hydrogen) atoms. The minimum atomic E-state index is 0.265. The van der Waals surface area contributed by atoms with Gasteiger partial charge >= 0.3 is 0 Å². The zero-order chi connectivity index (χ0) is 23.8. The van der Waals surface area contributed by atoms with Gasteiger partial charge in [-0.15, -0.1) is 0 Å².